The first-order valence-electron chi connectivity index (χ1n) is 6.93. The van der Waals surface area contributed by atoms with Gasteiger partial charge in [-0.3, -0.25) is 4.79 Å². The van der Waals surface area contributed by atoms with E-state index in [1.54, 1.807) is 6.07 Å². The van der Waals surface area contributed by atoms with Crippen LogP contribution in [0.1, 0.15) is 54.7 Å². The third kappa shape index (κ3) is 2.23. The molecule has 1 aromatic carbocycles. The molecule has 3 rings (SSSR count). The van der Waals surface area contributed by atoms with Crippen molar-refractivity contribution in [2.24, 2.45) is 11.7 Å². The number of aromatic nitrogens is 2. The monoisotopic (exact) mass is 257 g/mol. The molecule has 0 bridgehead atoms. The molecule has 0 atom stereocenters. The van der Waals surface area contributed by atoms with Gasteiger partial charge in [0.25, 0.3) is 5.91 Å². The minimum Gasteiger partial charge on any atom is -0.366 e. The second kappa shape index (κ2) is 4.68. The van der Waals surface area contributed by atoms with Gasteiger partial charge in [0.2, 0.25) is 0 Å². The molecule has 2 aromatic rings. The van der Waals surface area contributed by atoms with Gasteiger partial charge in [-0.1, -0.05) is 25.8 Å². The molecule has 1 saturated carbocycles. The number of hydrogen-bond donors (Lipinski definition) is 2. The van der Waals surface area contributed by atoms with Crippen LogP contribution in [-0.4, -0.2) is 15.9 Å². The third-order valence-electron chi connectivity index (χ3n) is 4.20. The van der Waals surface area contributed by atoms with Crippen molar-refractivity contribution >= 4 is 16.9 Å². The van der Waals surface area contributed by atoms with Gasteiger partial charge in [-0.05, 0) is 30.9 Å². The Hall–Kier alpha value is -1.84. The molecular formula is C15H19N3O. The Balaban J connectivity index is 1.98. The molecule has 4 nitrogen and oxygen atoms in total. The van der Waals surface area contributed by atoms with Crippen LogP contribution in [0.2, 0.25) is 0 Å². The van der Waals surface area contributed by atoms with Gasteiger partial charge in [-0.25, -0.2) is 4.98 Å². The summed E-state index contributed by atoms with van der Waals surface area (Å²) in [5.41, 5.74) is 7.52. The van der Waals surface area contributed by atoms with Crippen LogP contribution in [0.3, 0.4) is 0 Å². The lowest BCUT2D eigenvalue weighted by molar-refractivity contribution is 0.100. The molecule has 1 amide bonds. The molecule has 1 aliphatic carbocycles. The molecule has 19 heavy (non-hydrogen) atoms. The fraction of sp³-hybridized carbons (Fsp3) is 0.467. The zero-order chi connectivity index (χ0) is 13.4. The van der Waals surface area contributed by atoms with Gasteiger partial charge in [0, 0.05) is 5.92 Å². The quantitative estimate of drug-likeness (QED) is 0.868. The number of nitrogens with one attached hydrogen (secondary N) is 1. The lowest BCUT2D eigenvalue weighted by Gasteiger charge is -2.24. The van der Waals surface area contributed by atoms with Gasteiger partial charge in [0.1, 0.15) is 11.3 Å². The Labute approximate surface area is 112 Å². The van der Waals surface area contributed by atoms with E-state index in [9.17, 15) is 4.79 Å². The first kappa shape index (κ1) is 12.2. The SMILES string of the molecule is CC1CCC(c2nc3c(C(N)=O)cccc3[nH]2)CC1. The highest BCUT2D eigenvalue weighted by molar-refractivity contribution is 6.04. The number of imidazole rings is 1. The molecule has 1 fully saturated rings. The van der Waals surface area contributed by atoms with E-state index >= 15 is 0 Å². The summed E-state index contributed by atoms with van der Waals surface area (Å²) < 4.78 is 0. The van der Waals surface area contributed by atoms with E-state index < -0.39 is 5.91 Å². The molecule has 1 aliphatic rings. The lowest BCUT2D eigenvalue weighted by Crippen LogP contribution is -2.12. The van der Waals surface area contributed by atoms with Crippen molar-refractivity contribution in [3.05, 3.63) is 29.6 Å². The van der Waals surface area contributed by atoms with E-state index in [-0.39, 0.29) is 0 Å². The Morgan fingerprint density at radius 2 is 2.05 bits per heavy atom. The first-order valence-corrected chi connectivity index (χ1v) is 6.93. The normalized spacial score (nSPS) is 23.6. The van der Waals surface area contributed by atoms with Gasteiger partial charge in [0.15, 0.2) is 0 Å². The van der Waals surface area contributed by atoms with Gasteiger partial charge < -0.3 is 10.7 Å². The van der Waals surface area contributed by atoms with Crippen LogP contribution in [0.5, 0.6) is 0 Å². The van der Waals surface area contributed by atoms with Crippen LogP contribution in [0.4, 0.5) is 0 Å². The molecular weight excluding hydrogens is 238 g/mol. The predicted molar refractivity (Wildman–Crippen MR) is 75.0 cm³/mol. The molecule has 0 aliphatic heterocycles. The molecule has 0 saturated heterocycles. The molecule has 1 aromatic heterocycles. The summed E-state index contributed by atoms with van der Waals surface area (Å²) in [4.78, 5) is 19.4. The van der Waals surface area contributed by atoms with Crippen molar-refractivity contribution in [1.82, 2.24) is 9.97 Å². The van der Waals surface area contributed by atoms with E-state index in [4.69, 9.17) is 5.73 Å². The van der Waals surface area contributed by atoms with Crippen LogP contribution in [0, 0.1) is 5.92 Å². The van der Waals surface area contributed by atoms with Crippen LogP contribution in [0.25, 0.3) is 11.0 Å². The number of carbonyl (C=O) groups is 1. The van der Waals surface area contributed by atoms with Crippen molar-refractivity contribution in [3.8, 4) is 0 Å². The number of aromatic amines is 1. The largest absolute Gasteiger partial charge is 0.366 e. The summed E-state index contributed by atoms with van der Waals surface area (Å²) >= 11 is 0. The van der Waals surface area contributed by atoms with E-state index in [1.807, 2.05) is 12.1 Å². The van der Waals surface area contributed by atoms with Crippen molar-refractivity contribution in [2.75, 3.05) is 0 Å². The molecule has 3 N–H and O–H groups in total. The Morgan fingerprint density at radius 1 is 1.32 bits per heavy atom. The molecule has 4 heteroatoms. The standard InChI is InChI=1S/C15H19N3O/c1-9-5-7-10(8-6-9)15-17-12-4-2-3-11(14(16)19)13(12)18-15/h2-4,9-10H,5-8H2,1H3,(H2,16,19)(H,17,18). The number of benzene rings is 1. The Kier molecular flexibility index (Phi) is 3.01. The summed E-state index contributed by atoms with van der Waals surface area (Å²) in [7, 11) is 0. The fourth-order valence-electron chi connectivity index (χ4n) is 2.98. The van der Waals surface area contributed by atoms with Crippen molar-refractivity contribution in [1.29, 1.82) is 0 Å². The van der Waals surface area contributed by atoms with Crippen molar-refractivity contribution in [3.63, 3.8) is 0 Å². The summed E-state index contributed by atoms with van der Waals surface area (Å²) in [6.45, 7) is 2.31. The number of carbonyl (C=O) groups excluding carboxylic acids is 1. The highest BCUT2D eigenvalue weighted by Crippen LogP contribution is 2.35. The molecule has 1 heterocycles. The second-order valence-electron chi connectivity index (χ2n) is 5.64. The first-order chi connectivity index (χ1) is 9.15. The maximum absolute atomic E-state index is 11.4. The van der Waals surface area contributed by atoms with Crippen LogP contribution in [0.15, 0.2) is 18.2 Å². The zero-order valence-electron chi connectivity index (χ0n) is 11.1. The number of nitrogens with two attached hydrogens (primary N) is 1. The molecule has 100 valence electrons. The summed E-state index contributed by atoms with van der Waals surface area (Å²) in [6.07, 6.45) is 4.86. The Morgan fingerprint density at radius 3 is 2.74 bits per heavy atom. The zero-order valence-corrected chi connectivity index (χ0v) is 11.1. The summed E-state index contributed by atoms with van der Waals surface area (Å²) in [6, 6.07) is 5.52. The molecule has 0 radical (unpaired) electrons. The lowest BCUT2D eigenvalue weighted by atomic mass is 9.83. The summed E-state index contributed by atoms with van der Waals surface area (Å²) in [5.74, 6) is 1.91. The molecule has 0 unspecified atom stereocenters. The van der Waals surface area contributed by atoms with Crippen LogP contribution in [-0.2, 0) is 0 Å². The predicted octanol–water partition coefficient (Wildman–Crippen LogP) is 2.96. The maximum Gasteiger partial charge on any atom is 0.250 e. The van der Waals surface area contributed by atoms with Crippen LogP contribution >= 0.6 is 0 Å². The van der Waals surface area contributed by atoms with Crippen molar-refractivity contribution < 1.29 is 4.79 Å². The second-order valence-corrected chi connectivity index (χ2v) is 5.64. The number of H-pyrrole nitrogens is 1. The highest BCUT2D eigenvalue weighted by Gasteiger charge is 2.23. The van der Waals surface area contributed by atoms with E-state index in [0.29, 0.717) is 17.0 Å². The van der Waals surface area contributed by atoms with Crippen molar-refractivity contribution in [2.45, 2.75) is 38.5 Å². The number of nitrogens with zero attached hydrogens (tertiary/aromatic N) is 1. The smallest absolute Gasteiger partial charge is 0.250 e. The summed E-state index contributed by atoms with van der Waals surface area (Å²) in [5, 5.41) is 0. The number of rotatable bonds is 2. The van der Waals surface area contributed by atoms with Gasteiger partial charge in [-0.2, -0.15) is 0 Å². The minimum absolute atomic E-state index is 0.416. The minimum atomic E-state index is -0.416. The van der Waals surface area contributed by atoms with Gasteiger partial charge in [-0.15, -0.1) is 0 Å². The number of primary amides is 1. The van der Waals surface area contributed by atoms with Crippen LogP contribution < -0.4 is 5.73 Å². The number of para-hydroxylation sites is 1. The van der Waals surface area contributed by atoms with E-state index in [2.05, 4.69) is 16.9 Å². The molecule has 0 spiro atoms. The third-order valence-corrected chi connectivity index (χ3v) is 4.20. The van der Waals surface area contributed by atoms with Gasteiger partial charge in [0.05, 0.1) is 11.1 Å². The average Bonchev–Trinajstić information content (AvgIpc) is 2.82. The number of amides is 1. The van der Waals surface area contributed by atoms with Gasteiger partial charge >= 0.3 is 0 Å². The average molecular weight is 257 g/mol. The number of fused-ring (bicyclic) bond motifs is 1. The fourth-order valence-corrected chi connectivity index (χ4v) is 2.98. The number of hydrogen-bond acceptors (Lipinski definition) is 2. The highest BCUT2D eigenvalue weighted by atomic mass is 16.1. The topological polar surface area (TPSA) is 71.8 Å². The maximum atomic E-state index is 11.4. The van der Waals surface area contributed by atoms with E-state index in [0.717, 1.165) is 17.3 Å². The van der Waals surface area contributed by atoms with E-state index in [1.165, 1.54) is 25.7 Å². The Bertz CT molecular complexity index is 609.